The van der Waals surface area contributed by atoms with Crippen LogP contribution in [0.2, 0.25) is 0 Å². The lowest BCUT2D eigenvalue weighted by atomic mass is 10.2. The zero-order chi connectivity index (χ0) is 13.4. The first-order chi connectivity index (χ1) is 8.63. The molecule has 4 heteroatoms. The number of thiocarbonyl (C=S) groups is 1. The molecule has 1 aromatic heterocycles. The topological polar surface area (TPSA) is 37.0 Å². The second-order valence-electron chi connectivity index (χ2n) is 4.32. The minimum atomic E-state index is 0.630. The van der Waals surface area contributed by atoms with Crippen LogP contribution >= 0.6 is 12.2 Å². The molecule has 0 aliphatic rings. The maximum Gasteiger partial charge on any atom is 0.171 e. The number of hydrogen-bond donors (Lipinski definition) is 2. The van der Waals surface area contributed by atoms with Crippen LogP contribution in [0.5, 0.6) is 0 Å². The van der Waals surface area contributed by atoms with Crippen molar-refractivity contribution >= 4 is 23.1 Å². The molecule has 1 aromatic rings. The molecule has 0 aliphatic carbocycles. The fraction of sp³-hybridized carbons (Fsp3) is 0.429. The van der Waals surface area contributed by atoms with E-state index in [9.17, 15) is 0 Å². The Labute approximate surface area is 115 Å². The van der Waals surface area contributed by atoms with Crippen LogP contribution < -0.4 is 10.6 Å². The summed E-state index contributed by atoms with van der Waals surface area (Å²) < 4.78 is 0. The van der Waals surface area contributed by atoms with Crippen molar-refractivity contribution in [3.63, 3.8) is 0 Å². The molecule has 3 nitrogen and oxygen atoms in total. The predicted molar refractivity (Wildman–Crippen MR) is 81.9 cm³/mol. The van der Waals surface area contributed by atoms with Crippen LogP contribution in [0.1, 0.15) is 32.8 Å². The van der Waals surface area contributed by atoms with Crippen LogP contribution in [-0.2, 0) is 6.42 Å². The summed E-state index contributed by atoms with van der Waals surface area (Å²) in [4.78, 5) is 4.30. The van der Waals surface area contributed by atoms with Gasteiger partial charge in [0.2, 0.25) is 0 Å². The fourth-order valence-corrected chi connectivity index (χ4v) is 1.73. The Morgan fingerprint density at radius 1 is 1.44 bits per heavy atom. The molecule has 0 unspecified atom stereocenters. The van der Waals surface area contributed by atoms with E-state index in [-0.39, 0.29) is 0 Å². The lowest BCUT2D eigenvalue weighted by molar-refractivity contribution is 0.890. The molecule has 0 amide bonds. The first-order valence-corrected chi connectivity index (χ1v) is 6.66. The molecule has 1 heterocycles. The zero-order valence-electron chi connectivity index (χ0n) is 11.3. The number of hydrogen-bond acceptors (Lipinski definition) is 2. The summed E-state index contributed by atoms with van der Waals surface area (Å²) in [6.45, 7) is 7.13. The van der Waals surface area contributed by atoms with E-state index in [4.69, 9.17) is 12.2 Å². The number of pyridine rings is 1. The summed E-state index contributed by atoms with van der Waals surface area (Å²) in [5.74, 6) is 0.847. The lowest BCUT2D eigenvalue weighted by Gasteiger charge is -2.11. The molecule has 0 aromatic carbocycles. The van der Waals surface area contributed by atoms with E-state index in [2.05, 4.69) is 48.5 Å². The summed E-state index contributed by atoms with van der Waals surface area (Å²) >= 11 is 5.24. The number of nitrogens with zero attached hydrogens (tertiary/aromatic N) is 1. The number of aryl methyl sites for hydroxylation is 1. The van der Waals surface area contributed by atoms with E-state index in [1.54, 1.807) is 6.20 Å². The largest absolute Gasteiger partial charge is 0.362 e. The monoisotopic (exact) mass is 263 g/mol. The second-order valence-corrected chi connectivity index (χ2v) is 4.72. The van der Waals surface area contributed by atoms with E-state index in [1.807, 2.05) is 6.07 Å². The Hall–Kier alpha value is -1.42. The maximum atomic E-state index is 5.24. The van der Waals surface area contributed by atoms with Gasteiger partial charge in [-0.2, -0.15) is 0 Å². The van der Waals surface area contributed by atoms with Gasteiger partial charge in [0.15, 0.2) is 5.11 Å². The molecule has 0 bridgehead atoms. The maximum absolute atomic E-state index is 5.24. The molecular formula is C14H21N3S. The highest BCUT2D eigenvalue weighted by atomic mass is 32.1. The van der Waals surface area contributed by atoms with E-state index in [0.717, 1.165) is 25.2 Å². The Morgan fingerprint density at radius 2 is 2.22 bits per heavy atom. The van der Waals surface area contributed by atoms with Crippen molar-refractivity contribution in [1.82, 2.24) is 10.3 Å². The SMILES string of the molecule is CCc1cccnc1NC(=S)NCCC=C(C)C. The summed E-state index contributed by atoms with van der Waals surface area (Å²) in [7, 11) is 0. The predicted octanol–water partition coefficient (Wildman–Crippen LogP) is 3.29. The average molecular weight is 263 g/mol. The van der Waals surface area contributed by atoms with E-state index in [1.165, 1.54) is 11.1 Å². The molecule has 0 atom stereocenters. The quantitative estimate of drug-likeness (QED) is 0.485. The number of allylic oxidation sites excluding steroid dienone is 1. The molecule has 1 rings (SSSR count). The van der Waals surface area contributed by atoms with Gasteiger partial charge in [0.05, 0.1) is 0 Å². The van der Waals surface area contributed by atoms with Crippen LogP contribution in [-0.4, -0.2) is 16.6 Å². The Morgan fingerprint density at radius 3 is 2.89 bits per heavy atom. The van der Waals surface area contributed by atoms with Gasteiger partial charge in [0.1, 0.15) is 5.82 Å². The zero-order valence-corrected chi connectivity index (χ0v) is 12.1. The highest BCUT2D eigenvalue weighted by Gasteiger charge is 2.02. The fourth-order valence-electron chi connectivity index (χ4n) is 1.53. The lowest BCUT2D eigenvalue weighted by Crippen LogP contribution is -2.29. The van der Waals surface area contributed by atoms with Crippen molar-refractivity contribution in [2.75, 3.05) is 11.9 Å². The Balaban J connectivity index is 2.42. The van der Waals surface area contributed by atoms with Gasteiger partial charge >= 0.3 is 0 Å². The highest BCUT2D eigenvalue weighted by Crippen LogP contribution is 2.11. The molecule has 0 fully saturated rings. The third kappa shape index (κ3) is 5.27. The molecule has 2 N–H and O–H groups in total. The van der Waals surface area contributed by atoms with Gasteiger partial charge in [-0.25, -0.2) is 4.98 Å². The van der Waals surface area contributed by atoms with Gasteiger partial charge in [0, 0.05) is 12.7 Å². The van der Waals surface area contributed by atoms with Crippen molar-refractivity contribution in [2.45, 2.75) is 33.6 Å². The van der Waals surface area contributed by atoms with E-state index < -0.39 is 0 Å². The Bertz CT molecular complexity index is 423. The highest BCUT2D eigenvalue weighted by molar-refractivity contribution is 7.80. The van der Waals surface area contributed by atoms with Gasteiger partial charge in [-0.1, -0.05) is 24.6 Å². The van der Waals surface area contributed by atoms with Crippen LogP contribution in [0.25, 0.3) is 0 Å². The molecule has 0 spiro atoms. The van der Waals surface area contributed by atoms with Crippen molar-refractivity contribution < 1.29 is 0 Å². The standard InChI is InChI=1S/C14H21N3S/c1-4-12-8-6-9-15-13(12)17-14(18)16-10-5-7-11(2)3/h6-9H,4-5,10H2,1-3H3,(H2,15,16,17,18). The smallest absolute Gasteiger partial charge is 0.171 e. The normalized spacial score (nSPS) is 9.72. The minimum absolute atomic E-state index is 0.630. The summed E-state index contributed by atoms with van der Waals surface area (Å²) in [6, 6.07) is 4.00. The van der Waals surface area contributed by atoms with Gasteiger partial charge in [-0.05, 0) is 50.5 Å². The second kappa shape index (κ2) is 7.82. The molecule has 0 aliphatic heterocycles. The van der Waals surface area contributed by atoms with Crippen molar-refractivity contribution in [3.05, 3.63) is 35.5 Å². The number of anilines is 1. The first kappa shape index (κ1) is 14.6. The molecule has 98 valence electrons. The molecular weight excluding hydrogens is 242 g/mol. The van der Waals surface area contributed by atoms with Gasteiger partial charge in [-0.3, -0.25) is 0 Å². The molecule has 0 saturated carbocycles. The molecule has 18 heavy (non-hydrogen) atoms. The van der Waals surface area contributed by atoms with Gasteiger partial charge < -0.3 is 10.6 Å². The first-order valence-electron chi connectivity index (χ1n) is 6.25. The van der Waals surface area contributed by atoms with Gasteiger partial charge in [0.25, 0.3) is 0 Å². The Kier molecular flexibility index (Phi) is 6.36. The van der Waals surface area contributed by atoms with Crippen LogP contribution in [0.15, 0.2) is 30.0 Å². The van der Waals surface area contributed by atoms with E-state index >= 15 is 0 Å². The summed E-state index contributed by atoms with van der Waals surface area (Å²) in [5.41, 5.74) is 2.50. The van der Waals surface area contributed by atoms with Gasteiger partial charge in [-0.15, -0.1) is 0 Å². The molecule has 0 saturated heterocycles. The number of nitrogens with one attached hydrogen (secondary N) is 2. The van der Waals surface area contributed by atoms with Crippen LogP contribution in [0.3, 0.4) is 0 Å². The third-order valence-electron chi connectivity index (χ3n) is 2.49. The van der Waals surface area contributed by atoms with Crippen molar-refractivity contribution in [3.8, 4) is 0 Å². The van der Waals surface area contributed by atoms with Crippen LogP contribution in [0, 0.1) is 0 Å². The van der Waals surface area contributed by atoms with Crippen molar-refractivity contribution in [1.29, 1.82) is 0 Å². The van der Waals surface area contributed by atoms with Crippen molar-refractivity contribution in [2.24, 2.45) is 0 Å². The average Bonchev–Trinajstić information content (AvgIpc) is 2.35. The number of aromatic nitrogens is 1. The number of rotatable bonds is 5. The minimum Gasteiger partial charge on any atom is -0.362 e. The van der Waals surface area contributed by atoms with Crippen LogP contribution in [0.4, 0.5) is 5.82 Å². The summed E-state index contributed by atoms with van der Waals surface area (Å²) in [5, 5.41) is 6.94. The summed E-state index contributed by atoms with van der Waals surface area (Å²) in [6.07, 6.45) is 5.88. The third-order valence-corrected chi connectivity index (χ3v) is 2.73. The molecule has 0 radical (unpaired) electrons. The van der Waals surface area contributed by atoms with E-state index in [0.29, 0.717) is 5.11 Å².